The molecule has 0 amide bonds. The van der Waals surface area contributed by atoms with Crippen molar-refractivity contribution in [3.63, 3.8) is 0 Å². The fraction of sp³-hybridized carbons (Fsp3) is 0.0244. The van der Waals surface area contributed by atoms with Crippen LogP contribution in [0.4, 0.5) is 0 Å². The summed E-state index contributed by atoms with van der Waals surface area (Å²) >= 11 is 0. The van der Waals surface area contributed by atoms with Crippen molar-refractivity contribution >= 4 is 10.8 Å². The third kappa shape index (κ3) is 3.14. The first-order valence-corrected chi connectivity index (χ1v) is 14.6. The maximum Gasteiger partial charge on any atom is 0.0992 e. The predicted octanol–water partition coefficient (Wildman–Crippen LogP) is 9.78. The zero-order valence-electron chi connectivity index (χ0n) is 23.3. The van der Waals surface area contributed by atoms with Gasteiger partial charge in [0, 0.05) is 11.8 Å². The Hall–Kier alpha value is -5.78. The third-order valence-electron chi connectivity index (χ3n) is 9.37. The summed E-state index contributed by atoms with van der Waals surface area (Å²) in [6.07, 6.45) is 1.74. The van der Waals surface area contributed by atoms with E-state index in [1.807, 2.05) is 6.07 Å². The summed E-state index contributed by atoms with van der Waals surface area (Å²) in [5.41, 5.74) is 14.7. The van der Waals surface area contributed by atoms with Crippen molar-refractivity contribution in [2.45, 2.75) is 5.41 Å². The molecule has 9 rings (SSSR count). The Labute approximate surface area is 250 Å². The molecule has 1 heterocycles. The molecule has 0 saturated heterocycles. The van der Waals surface area contributed by atoms with E-state index in [9.17, 15) is 5.26 Å². The molecule has 7 aromatic rings. The molecule has 2 heteroatoms. The highest BCUT2D eigenvalue weighted by molar-refractivity contribution is 6.11. The zero-order valence-corrected chi connectivity index (χ0v) is 23.3. The van der Waals surface area contributed by atoms with Gasteiger partial charge in [0.25, 0.3) is 0 Å². The summed E-state index contributed by atoms with van der Waals surface area (Å²) in [4.78, 5) is 4.79. The molecule has 2 aliphatic carbocycles. The molecule has 6 aromatic carbocycles. The minimum atomic E-state index is -0.492. The van der Waals surface area contributed by atoms with Gasteiger partial charge in [-0.2, -0.15) is 5.26 Å². The number of nitriles is 1. The predicted molar refractivity (Wildman–Crippen MR) is 174 cm³/mol. The summed E-state index contributed by atoms with van der Waals surface area (Å²) in [6.45, 7) is 0. The van der Waals surface area contributed by atoms with E-state index >= 15 is 0 Å². The number of fused-ring (bicyclic) bond motifs is 12. The van der Waals surface area contributed by atoms with Crippen molar-refractivity contribution in [3.8, 4) is 50.7 Å². The van der Waals surface area contributed by atoms with Crippen LogP contribution in [0, 0.1) is 11.3 Å². The average molecular weight is 545 g/mol. The van der Waals surface area contributed by atoms with Gasteiger partial charge in [-0.15, -0.1) is 0 Å². The molecule has 0 saturated carbocycles. The van der Waals surface area contributed by atoms with Gasteiger partial charge >= 0.3 is 0 Å². The second kappa shape index (κ2) is 8.86. The Balaban J connectivity index is 1.47. The van der Waals surface area contributed by atoms with E-state index in [1.54, 1.807) is 12.3 Å². The van der Waals surface area contributed by atoms with Gasteiger partial charge in [0.1, 0.15) is 0 Å². The Kier molecular flexibility index (Phi) is 4.92. The molecule has 0 radical (unpaired) electrons. The van der Waals surface area contributed by atoms with Gasteiger partial charge in [0.05, 0.1) is 22.7 Å². The Bertz CT molecular complexity index is 2260. The van der Waals surface area contributed by atoms with Crippen LogP contribution in [-0.2, 0) is 5.41 Å². The molecule has 0 fully saturated rings. The van der Waals surface area contributed by atoms with Crippen molar-refractivity contribution < 1.29 is 0 Å². The molecule has 198 valence electrons. The summed E-state index contributed by atoms with van der Waals surface area (Å²) < 4.78 is 0. The first-order valence-electron chi connectivity index (χ1n) is 14.6. The van der Waals surface area contributed by atoms with Crippen molar-refractivity contribution in [1.29, 1.82) is 5.26 Å². The number of pyridine rings is 1. The van der Waals surface area contributed by atoms with E-state index in [0.717, 1.165) is 16.6 Å². The lowest BCUT2D eigenvalue weighted by atomic mass is 9.69. The smallest absolute Gasteiger partial charge is 0.0992 e. The Morgan fingerprint density at radius 3 is 1.91 bits per heavy atom. The fourth-order valence-corrected chi connectivity index (χ4v) is 7.66. The molecule has 0 bridgehead atoms. The number of aromatic nitrogens is 1. The molecule has 1 aromatic heterocycles. The van der Waals surface area contributed by atoms with E-state index in [1.165, 1.54) is 61.0 Å². The standard InChI is InChI=1S/C41H24N2/c42-25-26-20-21-43-39(22-26)34-24-38-40(32-15-5-4-12-29(32)34)33-19-18-28(27-10-2-1-3-11-27)23-37(33)41(38)35-16-8-6-13-30(35)31-14-7-9-17-36(31)41/h1-24H. The largest absolute Gasteiger partial charge is 0.256 e. The molecule has 2 nitrogen and oxygen atoms in total. The molecule has 0 N–H and O–H groups in total. The van der Waals surface area contributed by atoms with E-state index in [2.05, 4.69) is 133 Å². The monoisotopic (exact) mass is 544 g/mol. The van der Waals surface area contributed by atoms with Gasteiger partial charge in [0.15, 0.2) is 0 Å². The number of hydrogen-bond acceptors (Lipinski definition) is 2. The summed E-state index contributed by atoms with van der Waals surface area (Å²) in [7, 11) is 0. The fourth-order valence-electron chi connectivity index (χ4n) is 7.66. The highest BCUT2D eigenvalue weighted by atomic mass is 14.7. The zero-order chi connectivity index (χ0) is 28.5. The lowest BCUT2D eigenvalue weighted by molar-refractivity contribution is 0.795. The first kappa shape index (κ1) is 23.9. The van der Waals surface area contributed by atoms with Crippen molar-refractivity contribution in [1.82, 2.24) is 4.98 Å². The minimum Gasteiger partial charge on any atom is -0.256 e. The molecule has 0 atom stereocenters. The Morgan fingerprint density at radius 1 is 0.488 bits per heavy atom. The summed E-state index contributed by atoms with van der Waals surface area (Å²) in [5, 5.41) is 12.1. The number of benzene rings is 6. The second-order valence-electron chi connectivity index (χ2n) is 11.4. The van der Waals surface area contributed by atoms with Crippen LogP contribution in [0.2, 0.25) is 0 Å². The van der Waals surface area contributed by atoms with Crippen molar-refractivity contribution in [2.75, 3.05) is 0 Å². The normalized spacial score (nSPS) is 13.3. The molecular formula is C41H24N2. The van der Waals surface area contributed by atoms with E-state index in [-0.39, 0.29) is 0 Å². The van der Waals surface area contributed by atoms with Gasteiger partial charge in [-0.1, -0.05) is 115 Å². The quantitative estimate of drug-likeness (QED) is 0.217. The molecule has 43 heavy (non-hydrogen) atoms. The van der Waals surface area contributed by atoms with E-state index < -0.39 is 5.41 Å². The van der Waals surface area contributed by atoms with Gasteiger partial charge in [0.2, 0.25) is 0 Å². The topological polar surface area (TPSA) is 36.7 Å². The van der Waals surface area contributed by atoms with Crippen LogP contribution in [-0.4, -0.2) is 4.98 Å². The van der Waals surface area contributed by atoms with Gasteiger partial charge in [-0.05, 0) is 90.7 Å². The average Bonchev–Trinajstić information content (AvgIpc) is 3.55. The van der Waals surface area contributed by atoms with Crippen LogP contribution in [0.15, 0.2) is 146 Å². The van der Waals surface area contributed by atoms with Crippen LogP contribution < -0.4 is 0 Å². The van der Waals surface area contributed by atoms with Crippen molar-refractivity contribution in [3.05, 3.63) is 174 Å². The van der Waals surface area contributed by atoms with Crippen LogP contribution >= 0.6 is 0 Å². The molecule has 1 spiro atoms. The molecule has 2 aliphatic rings. The molecular weight excluding hydrogens is 520 g/mol. The van der Waals surface area contributed by atoms with E-state index in [0.29, 0.717) is 5.56 Å². The number of nitrogens with zero attached hydrogens (tertiary/aromatic N) is 2. The van der Waals surface area contributed by atoms with Gasteiger partial charge in [-0.25, -0.2) is 0 Å². The van der Waals surface area contributed by atoms with Crippen LogP contribution in [0.25, 0.3) is 55.4 Å². The SMILES string of the molecule is N#Cc1ccnc(-c2cc3c(c4ccccc24)-c2ccc(-c4ccccc4)cc2C32c3ccccc3-c3ccccc32)c1. The van der Waals surface area contributed by atoms with E-state index in [4.69, 9.17) is 4.98 Å². The highest BCUT2D eigenvalue weighted by Gasteiger charge is 2.52. The maximum atomic E-state index is 9.72. The number of hydrogen-bond donors (Lipinski definition) is 0. The number of rotatable bonds is 2. The second-order valence-corrected chi connectivity index (χ2v) is 11.4. The highest BCUT2D eigenvalue weighted by Crippen LogP contribution is 2.64. The summed E-state index contributed by atoms with van der Waals surface area (Å²) in [5.74, 6) is 0. The van der Waals surface area contributed by atoms with Crippen LogP contribution in [0.1, 0.15) is 27.8 Å². The molecule has 0 aliphatic heterocycles. The Morgan fingerprint density at radius 2 is 1.16 bits per heavy atom. The lowest BCUT2D eigenvalue weighted by Crippen LogP contribution is -2.26. The van der Waals surface area contributed by atoms with Crippen LogP contribution in [0.3, 0.4) is 0 Å². The van der Waals surface area contributed by atoms with Gasteiger partial charge < -0.3 is 0 Å². The lowest BCUT2D eigenvalue weighted by Gasteiger charge is -2.31. The van der Waals surface area contributed by atoms with Crippen LogP contribution in [0.5, 0.6) is 0 Å². The summed E-state index contributed by atoms with van der Waals surface area (Å²) in [6, 6.07) is 52.5. The van der Waals surface area contributed by atoms with Crippen molar-refractivity contribution in [2.24, 2.45) is 0 Å². The molecule has 0 unspecified atom stereocenters. The third-order valence-corrected chi connectivity index (χ3v) is 9.37. The first-order chi connectivity index (χ1) is 21.3. The minimum absolute atomic E-state index is 0.492. The maximum absolute atomic E-state index is 9.72. The van der Waals surface area contributed by atoms with Gasteiger partial charge in [-0.3, -0.25) is 4.98 Å².